The van der Waals surface area contributed by atoms with Crippen molar-refractivity contribution in [1.82, 2.24) is 0 Å². The third-order valence-corrected chi connectivity index (χ3v) is 3.02. The molecule has 0 unspecified atom stereocenters. The van der Waals surface area contributed by atoms with E-state index in [4.69, 9.17) is 17.3 Å². The van der Waals surface area contributed by atoms with E-state index in [0.717, 1.165) is 6.07 Å². The second-order valence-electron chi connectivity index (χ2n) is 3.26. The Balaban J connectivity index is 0.00000289. The number of hydrogen-bond donors (Lipinski definition) is 1. The maximum atomic E-state index is 13.0. The summed E-state index contributed by atoms with van der Waals surface area (Å²) in [6.45, 7) is 0. The van der Waals surface area contributed by atoms with Gasteiger partial charge >= 0.3 is 12.1 Å². The van der Waals surface area contributed by atoms with Gasteiger partial charge in [0.15, 0.2) is 0 Å². The quantitative estimate of drug-likeness (QED) is 0.744. The van der Waals surface area contributed by atoms with Gasteiger partial charge in [-0.15, -0.1) is 12.4 Å². The first kappa shape index (κ1) is 17.9. The molecule has 0 bridgehead atoms. The minimum atomic E-state index is -5.71. The van der Waals surface area contributed by atoms with E-state index in [1.165, 1.54) is 12.1 Å². The summed E-state index contributed by atoms with van der Waals surface area (Å²) in [7, 11) is 0. The lowest BCUT2D eigenvalue weighted by molar-refractivity contribution is -0.291. The van der Waals surface area contributed by atoms with E-state index < -0.39 is 23.7 Å². The topological polar surface area (TPSA) is 26.0 Å². The zero-order valence-electron chi connectivity index (χ0n) is 8.44. The van der Waals surface area contributed by atoms with Gasteiger partial charge in [-0.2, -0.15) is 22.0 Å². The molecule has 0 radical (unpaired) electrons. The fourth-order valence-corrected chi connectivity index (χ4v) is 1.80. The molecular formula is C9H7BrCl2F5N. The van der Waals surface area contributed by atoms with Crippen LogP contribution in [0.2, 0.25) is 5.02 Å². The van der Waals surface area contributed by atoms with Crippen molar-refractivity contribution in [3.8, 4) is 0 Å². The molecule has 2 N–H and O–H groups in total. The summed E-state index contributed by atoms with van der Waals surface area (Å²) in [5.74, 6) is -5.03. The van der Waals surface area contributed by atoms with E-state index in [-0.39, 0.29) is 21.9 Å². The summed E-state index contributed by atoms with van der Waals surface area (Å²) >= 11 is 8.37. The van der Waals surface area contributed by atoms with Gasteiger partial charge in [-0.25, -0.2) is 0 Å². The Morgan fingerprint density at radius 2 is 1.67 bits per heavy atom. The molecular weight excluding hydrogens is 368 g/mol. The molecule has 104 valence electrons. The molecule has 0 amide bonds. The summed E-state index contributed by atoms with van der Waals surface area (Å²) in [5.41, 5.74) is 4.57. The molecule has 1 aromatic rings. The van der Waals surface area contributed by atoms with Crippen LogP contribution in [0, 0.1) is 0 Å². The van der Waals surface area contributed by atoms with Crippen LogP contribution >= 0.6 is 39.9 Å². The van der Waals surface area contributed by atoms with E-state index in [1.807, 2.05) is 0 Å². The first-order valence-corrected chi connectivity index (χ1v) is 5.39. The Bertz CT molecular complexity index is 424. The standard InChI is InChI=1S/C9H6BrClF5N.ClH/c10-6-2-1-4(11)3-5(6)7(17)8(12,13)9(14,15)16;/h1-3,7H,17H2;1H/t7-;/m0./s1. The maximum absolute atomic E-state index is 13.0. The zero-order chi connectivity index (χ0) is 13.4. The number of nitrogens with two attached hydrogens (primary N) is 1. The van der Waals surface area contributed by atoms with E-state index in [2.05, 4.69) is 15.9 Å². The van der Waals surface area contributed by atoms with Crippen LogP contribution in [0.15, 0.2) is 22.7 Å². The van der Waals surface area contributed by atoms with Crippen LogP contribution in [0.4, 0.5) is 22.0 Å². The van der Waals surface area contributed by atoms with Crippen molar-refractivity contribution in [3.63, 3.8) is 0 Å². The summed E-state index contributed by atoms with van der Waals surface area (Å²) in [4.78, 5) is 0. The first-order valence-electron chi connectivity index (χ1n) is 4.22. The van der Waals surface area contributed by atoms with Gasteiger partial charge in [0.2, 0.25) is 0 Å². The fraction of sp³-hybridized carbons (Fsp3) is 0.333. The van der Waals surface area contributed by atoms with Crippen molar-refractivity contribution in [2.24, 2.45) is 5.73 Å². The fourth-order valence-electron chi connectivity index (χ4n) is 1.12. The molecule has 1 nitrogen and oxygen atoms in total. The summed E-state index contributed by atoms with van der Waals surface area (Å²) in [5, 5.41) is 0.0247. The highest BCUT2D eigenvalue weighted by Gasteiger charge is 2.61. The van der Waals surface area contributed by atoms with Crippen LogP contribution in [-0.2, 0) is 0 Å². The molecule has 0 aliphatic heterocycles. The van der Waals surface area contributed by atoms with Crippen LogP contribution in [0.25, 0.3) is 0 Å². The van der Waals surface area contributed by atoms with Gasteiger partial charge in [0.1, 0.15) is 6.04 Å². The summed E-state index contributed by atoms with van der Waals surface area (Å²) < 4.78 is 62.4. The lowest BCUT2D eigenvalue weighted by Crippen LogP contribution is -2.46. The molecule has 9 heteroatoms. The maximum Gasteiger partial charge on any atom is 0.455 e. The highest BCUT2D eigenvalue weighted by atomic mass is 79.9. The van der Waals surface area contributed by atoms with Crippen molar-refractivity contribution >= 4 is 39.9 Å². The van der Waals surface area contributed by atoms with E-state index >= 15 is 0 Å². The van der Waals surface area contributed by atoms with Crippen LogP contribution in [0.3, 0.4) is 0 Å². The van der Waals surface area contributed by atoms with Gasteiger partial charge < -0.3 is 5.73 Å². The van der Waals surface area contributed by atoms with Gasteiger partial charge in [-0.05, 0) is 23.8 Å². The predicted molar refractivity (Wildman–Crippen MR) is 64.3 cm³/mol. The molecule has 18 heavy (non-hydrogen) atoms. The highest BCUT2D eigenvalue weighted by molar-refractivity contribution is 9.10. The second-order valence-corrected chi connectivity index (χ2v) is 4.56. The van der Waals surface area contributed by atoms with Crippen LogP contribution < -0.4 is 5.73 Å². The predicted octanol–water partition coefficient (Wildman–Crippen LogP) is 4.72. The van der Waals surface area contributed by atoms with Crippen molar-refractivity contribution in [1.29, 1.82) is 0 Å². The molecule has 1 aromatic carbocycles. The van der Waals surface area contributed by atoms with Gasteiger partial charge in [-0.1, -0.05) is 27.5 Å². The van der Waals surface area contributed by atoms with E-state index in [0.29, 0.717) is 0 Å². The van der Waals surface area contributed by atoms with Gasteiger partial charge in [0.25, 0.3) is 0 Å². The normalized spacial score (nSPS) is 14.0. The second kappa shape index (κ2) is 5.90. The molecule has 0 spiro atoms. The monoisotopic (exact) mass is 373 g/mol. The minimum absolute atomic E-state index is 0. The van der Waals surface area contributed by atoms with Gasteiger partial charge in [0, 0.05) is 9.50 Å². The number of hydrogen-bond acceptors (Lipinski definition) is 1. The molecule has 1 atom stereocenters. The lowest BCUT2D eigenvalue weighted by Gasteiger charge is -2.26. The van der Waals surface area contributed by atoms with Crippen LogP contribution in [-0.4, -0.2) is 12.1 Å². The van der Waals surface area contributed by atoms with Crippen molar-refractivity contribution in [2.75, 3.05) is 0 Å². The van der Waals surface area contributed by atoms with Crippen LogP contribution in [0.1, 0.15) is 11.6 Å². The number of alkyl halides is 5. The van der Waals surface area contributed by atoms with Gasteiger partial charge in [-0.3, -0.25) is 0 Å². The van der Waals surface area contributed by atoms with E-state index in [1.54, 1.807) is 0 Å². The molecule has 0 aliphatic rings. The third-order valence-electron chi connectivity index (χ3n) is 2.06. The molecule has 1 rings (SSSR count). The molecule has 0 saturated carbocycles. The Morgan fingerprint density at radius 1 is 1.17 bits per heavy atom. The van der Waals surface area contributed by atoms with Gasteiger partial charge in [0.05, 0.1) is 0 Å². The average Bonchev–Trinajstić information content (AvgIpc) is 2.19. The summed E-state index contributed by atoms with van der Waals surface area (Å²) in [6.07, 6.45) is -5.71. The smallest absolute Gasteiger partial charge is 0.319 e. The number of benzene rings is 1. The number of halogens is 8. The Labute approximate surface area is 119 Å². The third kappa shape index (κ3) is 3.46. The summed E-state index contributed by atoms with van der Waals surface area (Å²) in [6, 6.07) is 1.05. The molecule has 0 saturated heterocycles. The molecule has 0 aromatic heterocycles. The zero-order valence-corrected chi connectivity index (χ0v) is 11.6. The largest absolute Gasteiger partial charge is 0.455 e. The van der Waals surface area contributed by atoms with E-state index in [9.17, 15) is 22.0 Å². The molecule has 0 heterocycles. The Morgan fingerprint density at radius 3 is 2.11 bits per heavy atom. The van der Waals surface area contributed by atoms with Crippen molar-refractivity contribution in [3.05, 3.63) is 33.3 Å². The highest BCUT2D eigenvalue weighted by Crippen LogP contribution is 2.44. The molecule has 0 fully saturated rings. The Kier molecular flexibility index (Phi) is 5.86. The SMILES string of the molecule is Cl.N[C@@H](c1cc(Cl)ccc1Br)C(F)(F)C(F)(F)F. The van der Waals surface area contributed by atoms with Crippen molar-refractivity contribution < 1.29 is 22.0 Å². The Hall–Kier alpha value is -0.110. The lowest BCUT2D eigenvalue weighted by atomic mass is 10.0. The number of rotatable bonds is 2. The molecule has 0 aliphatic carbocycles. The first-order chi connectivity index (χ1) is 7.57. The van der Waals surface area contributed by atoms with Crippen molar-refractivity contribution in [2.45, 2.75) is 18.1 Å². The minimum Gasteiger partial charge on any atom is -0.319 e. The average molecular weight is 375 g/mol. The van der Waals surface area contributed by atoms with Crippen LogP contribution in [0.5, 0.6) is 0 Å².